The zero-order valence-electron chi connectivity index (χ0n) is 5.20. The number of alkyl halides is 1. The molecule has 0 bridgehead atoms. The highest BCUT2D eigenvalue weighted by atomic mass is 19.3. The molecule has 0 rings (SSSR count). The molecule has 1 atom stereocenters. The number of ether oxygens (including phenoxy) is 1. The van der Waals surface area contributed by atoms with E-state index in [4.69, 9.17) is 0 Å². The molecule has 0 aliphatic heterocycles. The van der Waals surface area contributed by atoms with Gasteiger partial charge in [0.2, 0.25) is 0 Å². The van der Waals surface area contributed by atoms with Crippen molar-refractivity contribution in [2.45, 2.75) is 26.3 Å². The van der Waals surface area contributed by atoms with Gasteiger partial charge in [-0.3, -0.25) is 0 Å². The van der Waals surface area contributed by atoms with Gasteiger partial charge in [-0.2, -0.15) is 8.78 Å². The first-order chi connectivity index (χ1) is 4.04. The van der Waals surface area contributed by atoms with Crippen molar-refractivity contribution >= 4 is 0 Å². The van der Waals surface area contributed by atoms with Crippen LogP contribution >= 0.6 is 0 Å². The molecular formula is C5H8F3O. The van der Waals surface area contributed by atoms with Gasteiger partial charge in [0.15, 0.2) is 0 Å². The van der Waals surface area contributed by atoms with Crippen LogP contribution in [0.1, 0.15) is 13.8 Å². The minimum atomic E-state index is -2.52. The minimum Gasteiger partial charge on any atom is -0.341 e. The van der Waals surface area contributed by atoms with Gasteiger partial charge in [0.1, 0.15) is 0 Å². The zero-order chi connectivity index (χ0) is 7.44. The molecule has 0 amide bonds. The van der Waals surface area contributed by atoms with Gasteiger partial charge < -0.3 is 4.74 Å². The fourth-order valence-corrected chi connectivity index (χ4v) is 0.290. The van der Waals surface area contributed by atoms with E-state index in [-0.39, 0.29) is 0 Å². The van der Waals surface area contributed by atoms with Crippen molar-refractivity contribution in [2.75, 3.05) is 0 Å². The fourth-order valence-electron chi connectivity index (χ4n) is 0.290. The molecular weight excluding hydrogens is 133 g/mol. The van der Waals surface area contributed by atoms with Crippen molar-refractivity contribution in [1.82, 2.24) is 0 Å². The van der Waals surface area contributed by atoms with E-state index in [1.165, 1.54) is 13.8 Å². The first-order valence-electron chi connectivity index (χ1n) is 2.51. The highest BCUT2D eigenvalue weighted by Gasteiger charge is 2.22. The maximum absolute atomic E-state index is 11.8. The molecule has 0 aliphatic carbocycles. The molecule has 1 radical (unpaired) electrons. The zero-order valence-corrected chi connectivity index (χ0v) is 5.20. The van der Waals surface area contributed by atoms with Crippen LogP contribution in [-0.4, -0.2) is 12.5 Å². The second-order valence-electron chi connectivity index (χ2n) is 1.79. The molecule has 0 saturated heterocycles. The van der Waals surface area contributed by atoms with Gasteiger partial charge in [0.05, 0.1) is 6.10 Å². The first-order valence-corrected chi connectivity index (χ1v) is 2.51. The van der Waals surface area contributed by atoms with E-state index in [2.05, 4.69) is 4.74 Å². The molecule has 9 heavy (non-hydrogen) atoms. The molecule has 0 heterocycles. The van der Waals surface area contributed by atoms with Crippen LogP contribution in [0.15, 0.2) is 0 Å². The average Bonchev–Trinajstić information content (AvgIpc) is 1.63. The average molecular weight is 141 g/mol. The van der Waals surface area contributed by atoms with E-state index in [0.29, 0.717) is 0 Å². The predicted octanol–water partition coefficient (Wildman–Crippen LogP) is 2.14. The van der Waals surface area contributed by atoms with Crippen LogP contribution in [0.3, 0.4) is 0 Å². The topological polar surface area (TPSA) is 9.23 Å². The Labute approximate surface area is 51.8 Å². The summed E-state index contributed by atoms with van der Waals surface area (Å²) in [4.78, 5) is 0. The largest absolute Gasteiger partial charge is 0.370 e. The summed E-state index contributed by atoms with van der Waals surface area (Å²) in [6.45, 7) is 2.96. The molecule has 0 aliphatic rings. The van der Waals surface area contributed by atoms with Crippen LogP contribution in [0.2, 0.25) is 0 Å². The second kappa shape index (κ2) is 3.71. The van der Waals surface area contributed by atoms with Gasteiger partial charge in [0.25, 0.3) is 6.36 Å². The monoisotopic (exact) mass is 141 g/mol. The smallest absolute Gasteiger partial charge is 0.341 e. The summed E-state index contributed by atoms with van der Waals surface area (Å²) in [7, 11) is 0. The van der Waals surface area contributed by atoms with Gasteiger partial charge in [-0.05, 0) is 13.8 Å². The summed E-state index contributed by atoms with van der Waals surface area (Å²) >= 11 is 0. The lowest BCUT2D eigenvalue weighted by Crippen LogP contribution is -2.15. The normalized spacial score (nSPS) is 15.0. The van der Waals surface area contributed by atoms with Crippen LogP contribution in [-0.2, 0) is 4.74 Å². The third-order valence-electron chi connectivity index (χ3n) is 0.563. The summed E-state index contributed by atoms with van der Waals surface area (Å²) in [6.07, 6.45) is -5.37. The summed E-state index contributed by atoms with van der Waals surface area (Å²) in [5, 5.41) is 0. The van der Waals surface area contributed by atoms with E-state index < -0.39 is 18.9 Å². The predicted molar refractivity (Wildman–Crippen MR) is 26.6 cm³/mol. The Kier molecular flexibility index (Phi) is 3.61. The lowest BCUT2D eigenvalue weighted by atomic mass is 10.5. The lowest BCUT2D eigenvalue weighted by Gasteiger charge is -2.09. The molecule has 0 aromatic carbocycles. The minimum absolute atomic E-state index is 0.512. The maximum Gasteiger partial charge on any atom is 0.370 e. The summed E-state index contributed by atoms with van der Waals surface area (Å²) in [5.74, 6) is 0. The first kappa shape index (κ1) is 8.75. The Morgan fingerprint density at radius 2 is 1.78 bits per heavy atom. The van der Waals surface area contributed by atoms with Gasteiger partial charge in [-0.25, -0.2) is 4.39 Å². The van der Waals surface area contributed by atoms with Crippen molar-refractivity contribution in [3.05, 3.63) is 6.43 Å². The molecule has 55 valence electrons. The van der Waals surface area contributed by atoms with E-state index in [0.717, 1.165) is 0 Å². The summed E-state index contributed by atoms with van der Waals surface area (Å²) in [6, 6.07) is 0. The van der Waals surface area contributed by atoms with Gasteiger partial charge in [-0.15, -0.1) is 0 Å². The Hall–Kier alpha value is -0.250. The van der Waals surface area contributed by atoms with Gasteiger partial charge >= 0.3 is 6.43 Å². The quantitative estimate of drug-likeness (QED) is 0.585. The van der Waals surface area contributed by atoms with E-state index in [1.54, 1.807) is 0 Å². The summed E-state index contributed by atoms with van der Waals surface area (Å²) in [5.41, 5.74) is 0. The Morgan fingerprint density at radius 1 is 1.33 bits per heavy atom. The van der Waals surface area contributed by atoms with Crippen molar-refractivity contribution in [2.24, 2.45) is 0 Å². The molecule has 0 N–H and O–H groups in total. The Morgan fingerprint density at radius 3 is 1.89 bits per heavy atom. The second-order valence-corrected chi connectivity index (χ2v) is 1.79. The van der Waals surface area contributed by atoms with Crippen LogP contribution in [0.25, 0.3) is 0 Å². The van der Waals surface area contributed by atoms with Crippen LogP contribution < -0.4 is 0 Å². The molecule has 0 fully saturated rings. The van der Waals surface area contributed by atoms with Gasteiger partial charge in [0, 0.05) is 0 Å². The van der Waals surface area contributed by atoms with Gasteiger partial charge in [-0.1, -0.05) is 0 Å². The molecule has 4 heteroatoms. The highest BCUT2D eigenvalue weighted by Crippen LogP contribution is 2.15. The third kappa shape index (κ3) is 4.27. The third-order valence-corrected chi connectivity index (χ3v) is 0.563. The van der Waals surface area contributed by atoms with Crippen molar-refractivity contribution < 1.29 is 17.9 Å². The molecule has 0 saturated carbocycles. The van der Waals surface area contributed by atoms with E-state index >= 15 is 0 Å². The van der Waals surface area contributed by atoms with Crippen LogP contribution in [0.4, 0.5) is 13.2 Å². The van der Waals surface area contributed by atoms with E-state index in [9.17, 15) is 13.2 Å². The highest BCUT2D eigenvalue weighted by molar-refractivity contribution is 4.63. The van der Waals surface area contributed by atoms with Crippen molar-refractivity contribution in [1.29, 1.82) is 0 Å². The number of hydrogen-bond donors (Lipinski definition) is 0. The van der Waals surface area contributed by atoms with E-state index in [1.807, 2.05) is 0 Å². The number of rotatable bonds is 3. The van der Waals surface area contributed by atoms with Crippen LogP contribution in [0.5, 0.6) is 0 Å². The molecule has 0 aromatic heterocycles. The molecule has 0 aromatic rings. The molecule has 1 nitrogen and oxygen atoms in total. The molecule has 1 unspecified atom stereocenters. The maximum atomic E-state index is 11.8. The SMILES string of the molecule is CC(C)OC(F)[C](F)F. The van der Waals surface area contributed by atoms with Crippen LogP contribution in [0, 0.1) is 6.43 Å². The number of halogens is 3. The molecule has 0 spiro atoms. The Balaban J connectivity index is 3.38. The van der Waals surface area contributed by atoms with Crippen molar-refractivity contribution in [3.63, 3.8) is 0 Å². The summed E-state index contributed by atoms with van der Waals surface area (Å²) < 4.78 is 38.2. The lowest BCUT2D eigenvalue weighted by molar-refractivity contribution is -0.102. The van der Waals surface area contributed by atoms with Crippen molar-refractivity contribution in [3.8, 4) is 0 Å². The standard InChI is InChI=1S/C5H8F3O/c1-3(2)9-5(8)4(6)7/h3,5H,1-2H3. The number of hydrogen-bond acceptors (Lipinski definition) is 1. The fraction of sp³-hybridized carbons (Fsp3) is 0.800. The Bertz CT molecular complexity index is 74.6.